The minimum atomic E-state index is -0.876. The van der Waals surface area contributed by atoms with Crippen LogP contribution in [0.3, 0.4) is 0 Å². The first kappa shape index (κ1) is 15.0. The fraction of sp³-hybridized carbons (Fsp3) is 0.0588. The Morgan fingerprint density at radius 2 is 1.92 bits per heavy atom. The number of fused-ring (bicyclic) bond motifs is 2. The second kappa shape index (κ2) is 5.23. The van der Waals surface area contributed by atoms with Gasteiger partial charge in [-0.3, -0.25) is 9.59 Å². The number of hydrogen-bond acceptors (Lipinski definition) is 5. The van der Waals surface area contributed by atoms with E-state index >= 15 is 0 Å². The van der Waals surface area contributed by atoms with E-state index in [1.165, 1.54) is 6.07 Å². The molecule has 4 rings (SSSR count). The van der Waals surface area contributed by atoms with E-state index in [9.17, 15) is 14.0 Å². The Bertz CT molecular complexity index is 1080. The van der Waals surface area contributed by atoms with Crippen molar-refractivity contribution in [2.24, 2.45) is 5.73 Å². The number of halogens is 1. The molecule has 0 atom stereocenters. The summed E-state index contributed by atoms with van der Waals surface area (Å²) in [6.45, 7) is 0.431. The van der Waals surface area contributed by atoms with Crippen LogP contribution in [0.15, 0.2) is 30.3 Å². The summed E-state index contributed by atoms with van der Waals surface area (Å²) in [5.41, 5.74) is 13.7. The number of nitrogens with one attached hydrogen (secondary N) is 1. The number of nitrogens with zero attached hydrogens (tertiary/aromatic N) is 2. The molecule has 1 aliphatic heterocycles. The van der Waals surface area contributed by atoms with Gasteiger partial charge in [-0.25, -0.2) is 4.39 Å². The molecule has 5 N–H and O–H groups in total. The lowest BCUT2D eigenvalue weighted by molar-refractivity contribution is 0.0963. The lowest BCUT2D eigenvalue weighted by Crippen LogP contribution is -2.17. The number of nitrogen functional groups attached to an aromatic ring is 1. The lowest BCUT2D eigenvalue weighted by Gasteiger charge is -2.10. The number of carbonyl (C=O) groups is 2. The fourth-order valence-electron chi connectivity index (χ4n) is 3.01. The van der Waals surface area contributed by atoms with Gasteiger partial charge >= 0.3 is 0 Å². The van der Waals surface area contributed by atoms with Gasteiger partial charge in [0.15, 0.2) is 5.69 Å². The predicted octanol–water partition coefficient (Wildman–Crippen LogP) is 1.36. The van der Waals surface area contributed by atoms with Crippen LogP contribution in [0.5, 0.6) is 0 Å². The molecule has 2 heterocycles. The highest BCUT2D eigenvalue weighted by atomic mass is 19.1. The molecular formula is C17H12FN5O2. The molecule has 0 saturated carbocycles. The SMILES string of the molecule is NC(=O)c1nnc2c(-c3ccc4c(c3)CNC4=O)ccc(F)c2c1N. The summed E-state index contributed by atoms with van der Waals surface area (Å²) in [7, 11) is 0. The van der Waals surface area contributed by atoms with Crippen molar-refractivity contribution in [3.8, 4) is 11.1 Å². The molecule has 0 unspecified atom stereocenters. The van der Waals surface area contributed by atoms with Gasteiger partial charge in [0.2, 0.25) is 0 Å². The number of hydrogen-bond donors (Lipinski definition) is 3. The van der Waals surface area contributed by atoms with E-state index in [-0.39, 0.29) is 28.2 Å². The normalized spacial score (nSPS) is 12.9. The van der Waals surface area contributed by atoms with Crippen molar-refractivity contribution in [1.82, 2.24) is 15.5 Å². The van der Waals surface area contributed by atoms with Crippen LogP contribution in [-0.4, -0.2) is 22.0 Å². The minimum absolute atomic E-state index is 0.00370. The Hall–Kier alpha value is -3.55. The third-order valence-corrected chi connectivity index (χ3v) is 4.24. The van der Waals surface area contributed by atoms with Gasteiger partial charge in [-0.15, -0.1) is 10.2 Å². The highest BCUT2D eigenvalue weighted by molar-refractivity contribution is 6.07. The predicted molar refractivity (Wildman–Crippen MR) is 89.0 cm³/mol. The van der Waals surface area contributed by atoms with Crippen LogP contribution in [0.4, 0.5) is 10.1 Å². The summed E-state index contributed by atoms with van der Waals surface area (Å²) >= 11 is 0. The third kappa shape index (κ3) is 2.18. The van der Waals surface area contributed by atoms with Crippen LogP contribution in [0.25, 0.3) is 22.0 Å². The van der Waals surface area contributed by atoms with Gasteiger partial charge in [-0.2, -0.15) is 0 Å². The minimum Gasteiger partial charge on any atom is -0.396 e. The molecule has 8 heteroatoms. The molecule has 7 nitrogen and oxygen atoms in total. The molecule has 0 aliphatic carbocycles. The summed E-state index contributed by atoms with van der Waals surface area (Å²) in [4.78, 5) is 23.0. The van der Waals surface area contributed by atoms with Crippen LogP contribution in [0.1, 0.15) is 26.4 Å². The summed E-state index contributed by atoms with van der Waals surface area (Å²) < 4.78 is 14.3. The van der Waals surface area contributed by atoms with Crippen LogP contribution < -0.4 is 16.8 Å². The molecule has 3 aromatic rings. The maximum Gasteiger partial charge on any atom is 0.271 e. The van der Waals surface area contributed by atoms with Crippen LogP contribution >= 0.6 is 0 Å². The fourth-order valence-corrected chi connectivity index (χ4v) is 3.01. The molecule has 2 amide bonds. The number of amides is 2. The molecular weight excluding hydrogens is 325 g/mol. The molecule has 0 spiro atoms. The molecule has 0 fully saturated rings. The number of aromatic nitrogens is 2. The maximum absolute atomic E-state index is 14.3. The Labute approximate surface area is 140 Å². The average Bonchev–Trinajstić information content (AvgIpc) is 2.95. The number of primary amides is 1. The van der Waals surface area contributed by atoms with Crippen LogP contribution in [0.2, 0.25) is 0 Å². The monoisotopic (exact) mass is 337 g/mol. The number of anilines is 1. The molecule has 2 aromatic carbocycles. The van der Waals surface area contributed by atoms with Crippen molar-refractivity contribution in [3.63, 3.8) is 0 Å². The molecule has 0 saturated heterocycles. The van der Waals surface area contributed by atoms with Crippen molar-refractivity contribution < 1.29 is 14.0 Å². The number of rotatable bonds is 2. The summed E-state index contributed by atoms with van der Waals surface area (Å²) in [6.07, 6.45) is 0. The Kier molecular flexibility index (Phi) is 3.14. The zero-order valence-corrected chi connectivity index (χ0v) is 12.8. The molecule has 1 aromatic heterocycles. The molecule has 124 valence electrons. The Morgan fingerprint density at radius 1 is 1.16 bits per heavy atom. The zero-order valence-electron chi connectivity index (χ0n) is 12.8. The number of benzene rings is 2. The third-order valence-electron chi connectivity index (χ3n) is 4.24. The van der Waals surface area contributed by atoms with Crippen molar-refractivity contribution in [3.05, 3.63) is 53.0 Å². The number of nitrogens with two attached hydrogens (primary N) is 2. The standard InChI is InChI=1S/C17H12FN5O2/c18-11-4-3-9(7-1-2-10-8(5-7)6-21-17(10)25)14-12(11)13(19)15(16(20)24)23-22-14/h1-5H,6H2,(H2,19,22)(H2,20,24)(H,21,25). The summed E-state index contributed by atoms with van der Waals surface area (Å²) in [5, 5.41) is 10.4. The highest BCUT2D eigenvalue weighted by Gasteiger charge is 2.21. The van der Waals surface area contributed by atoms with E-state index in [2.05, 4.69) is 15.5 Å². The summed E-state index contributed by atoms with van der Waals surface area (Å²) in [5.74, 6) is -1.62. The van der Waals surface area contributed by atoms with E-state index < -0.39 is 11.7 Å². The largest absolute Gasteiger partial charge is 0.396 e. The van der Waals surface area contributed by atoms with E-state index in [4.69, 9.17) is 11.5 Å². The van der Waals surface area contributed by atoms with Crippen LogP contribution in [-0.2, 0) is 6.54 Å². The molecule has 25 heavy (non-hydrogen) atoms. The first-order valence-electron chi connectivity index (χ1n) is 7.43. The van der Waals surface area contributed by atoms with E-state index in [1.807, 2.05) is 6.07 Å². The molecule has 0 bridgehead atoms. The second-order valence-corrected chi connectivity index (χ2v) is 5.70. The average molecular weight is 337 g/mol. The highest BCUT2D eigenvalue weighted by Crippen LogP contribution is 2.34. The van der Waals surface area contributed by atoms with E-state index in [0.717, 1.165) is 11.1 Å². The van der Waals surface area contributed by atoms with Crippen LogP contribution in [0, 0.1) is 5.82 Å². The van der Waals surface area contributed by atoms with Gasteiger partial charge in [-0.1, -0.05) is 6.07 Å². The van der Waals surface area contributed by atoms with Gasteiger partial charge in [0.05, 0.1) is 11.1 Å². The molecule has 1 aliphatic rings. The number of carbonyl (C=O) groups excluding carboxylic acids is 2. The topological polar surface area (TPSA) is 124 Å². The second-order valence-electron chi connectivity index (χ2n) is 5.70. The van der Waals surface area contributed by atoms with Gasteiger partial charge in [0, 0.05) is 17.7 Å². The van der Waals surface area contributed by atoms with Crippen molar-refractivity contribution in [2.45, 2.75) is 6.54 Å². The quantitative estimate of drug-likeness (QED) is 0.651. The first-order chi connectivity index (χ1) is 12.0. The van der Waals surface area contributed by atoms with Crippen molar-refractivity contribution in [2.75, 3.05) is 5.73 Å². The van der Waals surface area contributed by atoms with Gasteiger partial charge in [0.1, 0.15) is 11.3 Å². The molecule has 0 radical (unpaired) electrons. The van der Waals surface area contributed by atoms with E-state index in [0.29, 0.717) is 17.7 Å². The van der Waals surface area contributed by atoms with Crippen molar-refractivity contribution >= 4 is 28.4 Å². The summed E-state index contributed by atoms with van der Waals surface area (Å²) in [6, 6.07) is 8.09. The first-order valence-corrected chi connectivity index (χ1v) is 7.43. The Morgan fingerprint density at radius 3 is 2.68 bits per heavy atom. The van der Waals surface area contributed by atoms with E-state index in [1.54, 1.807) is 18.2 Å². The lowest BCUT2D eigenvalue weighted by atomic mass is 9.97. The van der Waals surface area contributed by atoms with Gasteiger partial charge in [-0.05, 0) is 35.4 Å². The smallest absolute Gasteiger partial charge is 0.271 e. The Balaban J connectivity index is 1.98. The zero-order chi connectivity index (χ0) is 17.7. The van der Waals surface area contributed by atoms with Gasteiger partial charge in [0.25, 0.3) is 11.8 Å². The maximum atomic E-state index is 14.3. The van der Waals surface area contributed by atoms with Crippen molar-refractivity contribution in [1.29, 1.82) is 0 Å². The van der Waals surface area contributed by atoms with Gasteiger partial charge < -0.3 is 16.8 Å².